The Balaban J connectivity index is 2.24. The predicted molar refractivity (Wildman–Crippen MR) is 85.7 cm³/mol. The summed E-state index contributed by atoms with van der Waals surface area (Å²) in [5, 5.41) is 14.6. The zero-order chi connectivity index (χ0) is 14.9. The highest BCUT2D eigenvalue weighted by molar-refractivity contribution is 7.99. The van der Waals surface area contributed by atoms with E-state index in [-0.39, 0.29) is 16.0 Å². The molecule has 1 heterocycles. The Kier molecular flexibility index (Phi) is 4.28. The Hall–Kier alpha value is -1.23. The molecule has 2 rings (SSSR count). The van der Waals surface area contributed by atoms with Crippen LogP contribution in [0.15, 0.2) is 12.1 Å². The van der Waals surface area contributed by atoms with E-state index in [0.717, 1.165) is 29.1 Å². The first-order valence-electron chi connectivity index (χ1n) is 6.88. The van der Waals surface area contributed by atoms with Crippen LogP contribution in [0.1, 0.15) is 31.4 Å². The standard InChI is InChI=1S/C15H22N2O2S/c1-10-5-13(14(17(18)19)6-11(10)2)16-12-7-15(3,4)9-20-8-12/h5-6,12,16H,7-9H2,1-4H3. The molecule has 1 atom stereocenters. The van der Waals surface area contributed by atoms with Gasteiger partial charge in [-0.1, -0.05) is 13.8 Å². The van der Waals surface area contributed by atoms with Crippen LogP contribution < -0.4 is 5.32 Å². The van der Waals surface area contributed by atoms with E-state index in [2.05, 4.69) is 19.2 Å². The molecule has 110 valence electrons. The van der Waals surface area contributed by atoms with E-state index in [0.29, 0.717) is 11.7 Å². The lowest BCUT2D eigenvalue weighted by molar-refractivity contribution is -0.384. The van der Waals surface area contributed by atoms with Gasteiger partial charge in [0.15, 0.2) is 0 Å². The third kappa shape index (κ3) is 3.45. The van der Waals surface area contributed by atoms with Crippen molar-refractivity contribution in [2.24, 2.45) is 5.41 Å². The van der Waals surface area contributed by atoms with Gasteiger partial charge < -0.3 is 5.32 Å². The summed E-state index contributed by atoms with van der Waals surface area (Å²) < 4.78 is 0. The van der Waals surface area contributed by atoms with Gasteiger partial charge in [0.1, 0.15) is 5.69 Å². The number of hydrogen-bond acceptors (Lipinski definition) is 4. The fourth-order valence-electron chi connectivity index (χ4n) is 2.64. The molecule has 0 aromatic heterocycles. The van der Waals surface area contributed by atoms with Gasteiger partial charge in [0.05, 0.1) is 4.92 Å². The number of hydrogen-bond donors (Lipinski definition) is 1. The van der Waals surface area contributed by atoms with Crippen LogP contribution in [-0.2, 0) is 0 Å². The van der Waals surface area contributed by atoms with Crippen LogP contribution in [0.25, 0.3) is 0 Å². The predicted octanol–water partition coefficient (Wildman–Crippen LogP) is 4.16. The highest BCUT2D eigenvalue weighted by Gasteiger charge is 2.29. The molecule has 1 saturated heterocycles. The largest absolute Gasteiger partial charge is 0.376 e. The number of nitrogens with zero attached hydrogens (tertiary/aromatic N) is 1. The summed E-state index contributed by atoms with van der Waals surface area (Å²) in [6.45, 7) is 8.40. The lowest BCUT2D eigenvalue weighted by Gasteiger charge is -2.35. The average Bonchev–Trinajstić information content (AvgIpc) is 2.32. The first-order chi connectivity index (χ1) is 9.28. The Labute approximate surface area is 124 Å². The molecule has 5 heteroatoms. The van der Waals surface area contributed by atoms with Gasteiger partial charge in [-0.15, -0.1) is 0 Å². The van der Waals surface area contributed by atoms with Gasteiger partial charge >= 0.3 is 0 Å². The summed E-state index contributed by atoms with van der Waals surface area (Å²) in [6.07, 6.45) is 1.05. The molecule has 0 bridgehead atoms. The van der Waals surface area contributed by atoms with Gasteiger partial charge in [0.25, 0.3) is 5.69 Å². The molecule has 1 unspecified atom stereocenters. The molecule has 0 aliphatic carbocycles. The van der Waals surface area contributed by atoms with Crippen molar-refractivity contribution in [2.45, 2.75) is 40.2 Å². The maximum absolute atomic E-state index is 11.2. The number of nitrogens with one attached hydrogen (secondary N) is 1. The molecule has 1 fully saturated rings. The topological polar surface area (TPSA) is 55.2 Å². The van der Waals surface area contributed by atoms with Crippen molar-refractivity contribution in [2.75, 3.05) is 16.8 Å². The van der Waals surface area contributed by atoms with E-state index in [4.69, 9.17) is 0 Å². The first kappa shape index (κ1) is 15.2. The maximum atomic E-state index is 11.2. The second-order valence-electron chi connectivity index (χ2n) is 6.44. The number of nitro benzene ring substituents is 1. The van der Waals surface area contributed by atoms with E-state index in [1.807, 2.05) is 31.7 Å². The van der Waals surface area contributed by atoms with E-state index < -0.39 is 0 Å². The monoisotopic (exact) mass is 294 g/mol. The SMILES string of the molecule is Cc1cc(NC2CSCC(C)(C)C2)c([N+](=O)[O-])cc1C. The number of anilines is 1. The van der Waals surface area contributed by atoms with Crippen molar-refractivity contribution in [3.05, 3.63) is 33.4 Å². The van der Waals surface area contributed by atoms with Gasteiger partial charge in [-0.3, -0.25) is 10.1 Å². The molecule has 0 saturated carbocycles. The summed E-state index contributed by atoms with van der Waals surface area (Å²) in [7, 11) is 0. The van der Waals surface area contributed by atoms with Gasteiger partial charge in [-0.25, -0.2) is 0 Å². The molecule has 4 nitrogen and oxygen atoms in total. The van der Waals surface area contributed by atoms with Gasteiger partial charge in [-0.05, 0) is 48.6 Å². The third-order valence-electron chi connectivity index (χ3n) is 3.78. The molecule has 1 aromatic carbocycles. The van der Waals surface area contributed by atoms with Gasteiger partial charge in [0, 0.05) is 17.9 Å². The molecule has 0 radical (unpaired) electrons. The Morgan fingerprint density at radius 3 is 2.60 bits per heavy atom. The molecule has 0 spiro atoms. The third-order valence-corrected chi connectivity index (χ3v) is 5.40. The van der Waals surface area contributed by atoms with Crippen molar-refractivity contribution in [3.63, 3.8) is 0 Å². The van der Waals surface area contributed by atoms with E-state index in [1.165, 1.54) is 0 Å². The van der Waals surface area contributed by atoms with Crippen LogP contribution in [0.3, 0.4) is 0 Å². The summed E-state index contributed by atoms with van der Waals surface area (Å²) in [5.41, 5.74) is 3.17. The Morgan fingerprint density at radius 1 is 1.35 bits per heavy atom. The van der Waals surface area contributed by atoms with E-state index in [1.54, 1.807) is 6.07 Å². The smallest absolute Gasteiger partial charge is 0.292 e. The molecule has 20 heavy (non-hydrogen) atoms. The van der Waals surface area contributed by atoms with Crippen LogP contribution in [0.4, 0.5) is 11.4 Å². The molecule has 1 N–H and O–H groups in total. The van der Waals surface area contributed by atoms with Crippen LogP contribution in [0, 0.1) is 29.4 Å². The fraction of sp³-hybridized carbons (Fsp3) is 0.600. The zero-order valence-electron chi connectivity index (χ0n) is 12.5. The van der Waals surface area contributed by atoms with Crippen LogP contribution in [-0.4, -0.2) is 22.5 Å². The highest BCUT2D eigenvalue weighted by atomic mass is 32.2. The fourth-order valence-corrected chi connectivity index (χ4v) is 3.92. The second kappa shape index (κ2) is 5.64. The van der Waals surface area contributed by atoms with Crippen LogP contribution >= 0.6 is 11.8 Å². The molecular weight excluding hydrogens is 272 g/mol. The van der Waals surface area contributed by atoms with Crippen LogP contribution in [0.2, 0.25) is 0 Å². The molecule has 1 aliphatic heterocycles. The normalized spacial score (nSPS) is 21.5. The molecule has 0 amide bonds. The highest BCUT2D eigenvalue weighted by Crippen LogP contribution is 2.36. The molecule has 1 aromatic rings. The Morgan fingerprint density at radius 2 is 2.00 bits per heavy atom. The first-order valence-corrected chi connectivity index (χ1v) is 8.04. The minimum Gasteiger partial charge on any atom is -0.376 e. The number of aryl methyl sites for hydroxylation is 2. The van der Waals surface area contributed by atoms with Crippen molar-refractivity contribution >= 4 is 23.1 Å². The van der Waals surface area contributed by atoms with Crippen LogP contribution in [0.5, 0.6) is 0 Å². The van der Waals surface area contributed by atoms with Gasteiger partial charge in [-0.2, -0.15) is 11.8 Å². The molecular formula is C15H22N2O2S. The van der Waals surface area contributed by atoms with Crippen molar-refractivity contribution < 1.29 is 4.92 Å². The number of benzene rings is 1. The Bertz CT molecular complexity index is 529. The summed E-state index contributed by atoms with van der Waals surface area (Å²) in [6, 6.07) is 3.86. The lowest BCUT2D eigenvalue weighted by atomic mass is 9.87. The zero-order valence-corrected chi connectivity index (χ0v) is 13.3. The quantitative estimate of drug-likeness (QED) is 0.672. The van der Waals surface area contributed by atoms with E-state index >= 15 is 0 Å². The summed E-state index contributed by atoms with van der Waals surface area (Å²) in [4.78, 5) is 10.9. The van der Waals surface area contributed by atoms with Crippen molar-refractivity contribution in [1.82, 2.24) is 0 Å². The summed E-state index contributed by atoms with van der Waals surface area (Å²) >= 11 is 1.92. The van der Waals surface area contributed by atoms with E-state index in [9.17, 15) is 10.1 Å². The summed E-state index contributed by atoms with van der Waals surface area (Å²) in [5.74, 6) is 2.16. The van der Waals surface area contributed by atoms with Crippen molar-refractivity contribution in [3.8, 4) is 0 Å². The minimum atomic E-state index is -0.296. The lowest BCUT2D eigenvalue weighted by Crippen LogP contribution is -2.35. The average molecular weight is 294 g/mol. The number of nitro groups is 1. The minimum absolute atomic E-state index is 0.182. The van der Waals surface area contributed by atoms with Gasteiger partial charge in [0.2, 0.25) is 0 Å². The maximum Gasteiger partial charge on any atom is 0.292 e. The number of rotatable bonds is 3. The van der Waals surface area contributed by atoms with Crippen molar-refractivity contribution in [1.29, 1.82) is 0 Å². The molecule has 1 aliphatic rings. The second-order valence-corrected chi connectivity index (χ2v) is 7.47. The number of thioether (sulfide) groups is 1.